The highest BCUT2D eigenvalue weighted by Crippen LogP contribution is 2.25. The van der Waals surface area contributed by atoms with E-state index in [1.807, 2.05) is 0 Å². The fourth-order valence-electron chi connectivity index (χ4n) is 1.41. The van der Waals surface area contributed by atoms with E-state index in [4.69, 9.17) is 9.84 Å². The Kier molecular flexibility index (Phi) is 3.74. The number of benzene rings is 1. The summed E-state index contributed by atoms with van der Waals surface area (Å²) in [6.45, 7) is 1.83. The molecular weight excluding hydrogens is 232 g/mol. The number of phenolic OH excluding ortho intramolecular Hbond substituents is 1. The minimum Gasteiger partial charge on any atom is -0.507 e. The molecule has 1 aromatic carbocycles. The van der Waals surface area contributed by atoms with Crippen LogP contribution in [-0.2, 0) is 0 Å². The number of ether oxygens (including phenoxy) is 1. The molecule has 0 radical (unpaired) electrons. The third-order valence-electron chi connectivity index (χ3n) is 2.26. The Balaban J connectivity index is 2.15. The van der Waals surface area contributed by atoms with E-state index >= 15 is 0 Å². The minimum atomic E-state index is -0.539. The Hall–Kier alpha value is -2.14. The highest BCUT2D eigenvalue weighted by molar-refractivity contribution is 5.63. The fraction of sp³-hybridized carbons (Fsp3) is 0.231. The van der Waals surface area contributed by atoms with Gasteiger partial charge in [0, 0.05) is 0 Å². The number of aromatic nitrogens is 2. The van der Waals surface area contributed by atoms with Crippen LogP contribution in [0.1, 0.15) is 6.92 Å². The molecule has 0 aliphatic heterocycles. The number of hydrogen-bond acceptors (Lipinski definition) is 5. The third-order valence-corrected chi connectivity index (χ3v) is 2.26. The normalized spacial score (nSPS) is 12.1. The highest BCUT2D eigenvalue weighted by Gasteiger charge is 2.06. The fourth-order valence-corrected chi connectivity index (χ4v) is 1.41. The topological polar surface area (TPSA) is 75.5 Å². The first-order chi connectivity index (χ1) is 8.66. The van der Waals surface area contributed by atoms with E-state index in [0.29, 0.717) is 17.1 Å². The quantitative estimate of drug-likeness (QED) is 0.857. The van der Waals surface area contributed by atoms with E-state index in [-0.39, 0.29) is 12.4 Å². The van der Waals surface area contributed by atoms with Gasteiger partial charge in [0.15, 0.2) is 11.6 Å². The van der Waals surface area contributed by atoms with E-state index in [2.05, 4.69) is 9.97 Å². The maximum absolute atomic E-state index is 9.67. The van der Waals surface area contributed by atoms with Gasteiger partial charge in [0.1, 0.15) is 12.4 Å². The summed E-state index contributed by atoms with van der Waals surface area (Å²) >= 11 is 0. The van der Waals surface area contributed by atoms with Crippen LogP contribution in [0.15, 0.2) is 36.7 Å². The molecule has 1 aromatic heterocycles. The van der Waals surface area contributed by atoms with Gasteiger partial charge >= 0.3 is 0 Å². The molecule has 18 heavy (non-hydrogen) atoms. The molecule has 0 aliphatic carbocycles. The number of aliphatic hydroxyl groups excluding tert-OH is 1. The lowest BCUT2D eigenvalue weighted by Crippen LogP contribution is -2.13. The van der Waals surface area contributed by atoms with Crippen molar-refractivity contribution in [1.29, 1.82) is 0 Å². The SMILES string of the molecule is CC(O)COc1cnc(-c2ccccc2O)nc1. The first-order valence-electron chi connectivity index (χ1n) is 5.58. The number of para-hydroxylation sites is 1. The summed E-state index contributed by atoms with van der Waals surface area (Å²) in [7, 11) is 0. The molecule has 1 atom stereocenters. The van der Waals surface area contributed by atoms with E-state index in [1.165, 1.54) is 12.4 Å². The van der Waals surface area contributed by atoms with Crippen molar-refractivity contribution in [2.75, 3.05) is 6.61 Å². The lowest BCUT2D eigenvalue weighted by molar-refractivity contribution is 0.122. The minimum absolute atomic E-state index is 0.134. The maximum atomic E-state index is 9.67. The summed E-state index contributed by atoms with van der Waals surface area (Å²) in [6.07, 6.45) is 2.48. The van der Waals surface area contributed by atoms with Crippen LogP contribution < -0.4 is 4.74 Å². The second kappa shape index (κ2) is 5.46. The van der Waals surface area contributed by atoms with Crippen molar-refractivity contribution in [1.82, 2.24) is 9.97 Å². The number of aliphatic hydroxyl groups is 1. The summed E-state index contributed by atoms with van der Waals surface area (Å²) in [5.74, 6) is 1.04. The summed E-state index contributed by atoms with van der Waals surface area (Å²) in [5.41, 5.74) is 0.569. The zero-order valence-corrected chi connectivity index (χ0v) is 9.95. The Morgan fingerprint density at radius 1 is 1.22 bits per heavy atom. The molecule has 0 amide bonds. The average molecular weight is 246 g/mol. The van der Waals surface area contributed by atoms with Gasteiger partial charge in [0.05, 0.1) is 24.1 Å². The molecular formula is C13H14N2O3. The van der Waals surface area contributed by atoms with Gasteiger partial charge < -0.3 is 14.9 Å². The predicted molar refractivity (Wildman–Crippen MR) is 66.3 cm³/mol. The van der Waals surface area contributed by atoms with Crippen molar-refractivity contribution in [3.8, 4) is 22.9 Å². The van der Waals surface area contributed by atoms with Crippen LogP contribution in [0.2, 0.25) is 0 Å². The number of aromatic hydroxyl groups is 1. The van der Waals surface area contributed by atoms with Gasteiger partial charge in [-0.15, -0.1) is 0 Å². The Morgan fingerprint density at radius 3 is 2.50 bits per heavy atom. The second-order valence-electron chi connectivity index (χ2n) is 3.92. The van der Waals surface area contributed by atoms with Crippen molar-refractivity contribution in [2.45, 2.75) is 13.0 Å². The number of nitrogens with zero attached hydrogens (tertiary/aromatic N) is 2. The van der Waals surface area contributed by atoms with Gasteiger partial charge in [-0.25, -0.2) is 9.97 Å². The number of rotatable bonds is 4. The monoisotopic (exact) mass is 246 g/mol. The van der Waals surface area contributed by atoms with Crippen molar-refractivity contribution in [2.24, 2.45) is 0 Å². The van der Waals surface area contributed by atoms with E-state index in [0.717, 1.165) is 0 Å². The molecule has 1 heterocycles. The van der Waals surface area contributed by atoms with Crippen LogP contribution in [0.25, 0.3) is 11.4 Å². The highest BCUT2D eigenvalue weighted by atomic mass is 16.5. The van der Waals surface area contributed by atoms with Gasteiger partial charge in [0.2, 0.25) is 0 Å². The predicted octanol–water partition coefficient (Wildman–Crippen LogP) is 1.61. The summed E-state index contributed by atoms with van der Waals surface area (Å²) < 4.78 is 5.25. The molecule has 0 fully saturated rings. The second-order valence-corrected chi connectivity index (χ2v) is 3.92. The first-order valence-corrected chi connectivity index (χ1v) is 5.58. The molecule has 5 heteroatoms. The molecule has 0 bridgehead atoms. The van der Waals surface area contributed by atoms with Gasteiger partial charge in [-0.3, -0.25) is 0 Å². The zero-order valence-electron chi connectivity index (χ0n) is 9.95. The van der Waals surface area contributed by atoms with Crippen molar-refractivity contribution >= 4 is 0 Å². The zero-order chi connectivity index (χ0) is 13.0. The molecule has 0 saturated carbocycles. The standard InChI is InChI=1S/C13H14N2O3/c1-9(16)8-18-10-6-14-13(15-7-10)11-4-2-3-5-12(11)17/h2-7,9,16-17H,8H2,1H3. The van der Waals surface area contributed by atoms with E-state index < -0.39 is 6.10 Å². The Labute approximate surface area is 105 Å². The molecule has 2 rings (SSSR count). The van der Waals surface area contributed by atoms with Crippen LogP contribution in [0.5, 0.6) is 11.5 Å². The van der Waals surface area contributed by atoms with Crippen LogP contribution in [0.4, 0.5) is 0 Å². The van der Waals surface area contributed by atoms with Gasteiger partial charge in [-0.1, -0.05) is 12.1 Å². The van der Waals surface area contributed by atoms with Gasteiger partial charge in [-0.2, -0.15) is 0 Å². The van der Waals surface area contributed by atoms with E-state index in [9.17, 15) is 5.11 Å². The Morgan fingerprint density at radius 2 is 1.89 bits per heavy atom. The Bertz CT molecular complexity index is 512. The smallest absolute Gasteiger partial charge is 0.163 e. The molecule has 0 spiro atoms. The largest absolute Gasteiger partial charge is 0.507 e. The summed E-state index contributed by atoms with van der Waals surface area (Å²) in [4.78, 5) is 8.22. The summed E-state index contributed by atoms with van der Waals surface area (Å²) in [5, 5.41) is 18.7. The first kappa shape index (κ1) is 12.3. The van der Waals surface area contributed by atoms with Gasteiger partial charge in [-0.05, 0) is 19.1 Å². The molecule has 1 unspecified atom stereocenters. The number of hydrogen-bond donors (Lipinski definition) is 2. The molecule has 94 valence electrons. The van der Waals surface area contributed by atoms with Crippen LogP contribution in [0.3, 0.4) is 0 Å². The van der Waals surface area contributed by atoms with Crippen LogP contribution in [-0.4, -0.2) is 32.9 Å². The molecule has 2 aromatic rings. The third kappa shape index (κ3) is 2.95. The molecule has 0 aliphatic rings. The number of phenols is 1. The van der Waals surface area contributed by atoms with E-state index in [1.54, 1.807) is 31.2 Å². The van der Waals surface area contributed by atoms with Crippen molar-refractivity contribution < 1.29 is 14.9 Å². The van der Waals surface area contributed by atoms with Gasteiger partial charge in [0.25, 0.3) is 0 Å². The lowest BCUT2D eigenvalue weighted by Gasteiger charge is -2.08. The summed E-state index contributed by atoms with van der Waals surface area (Å²) in [6, 6.07) is 6.85. The molecule has 2 N–H and O–H groups in total. The average Bonchev–Trinajstić information content (AvgIpc) is 2.38. The lowest BCUT2D eigenvalue weighted by atomic mass is 10.2. The molecule has 0 saturated heterocycles. The molecule has 5 nitrogen and oxygen atoms in total. The van der Waals surface area contributed by atoms with Crippen LogP contribution >= 0.6 is 0 Å². The van der Waals surface area contributed by atoms with Crippen LogP contribution in [0, 0.1) is 0 Å². The van der Waals surface area contributed by atoms with Crippen molar-refractivity contribution in [3.63, 3.8) is 0 Å². The maximum Gasteiger partial charge on any atom is 0.163 e. The van der Waals surface area contributed by atoms with Crippen molar-refractivity contribution in [3.05, 3.63) is 36.7 Å².